The molecule has 0 aliphatic rings. The highest BCUT2D eigenvalue weighted by molar-refractivity contribution is 9.10. The summed E-state index contributed by atoms with van der Waals surface area (Å²) >= 11 is 3.41. The van der Waals surface area contributed by atoms with E-state index in [9.17, 15) is 0 Å². The zero-order valence-corrected chi connectivity index (χ0v) is 12.4. The molecule has 19 heavy (non-hydrogen) atoms. The van der Waals surface area contributed by atoms with Crippen molar-refractivity contribution in [1.82, 2.24) is 9.97 Å². The minimum Gasteiger partial charge on any atom is -0.370 e. The van der Waals surface area contributed by atoms with Gasteiger partial charge in [0, 0.05) is 22.8 Å². The number of aromatic nitrogens is 2. The lowest BCUT2D eigenvalue weighted by molar-refractivity contribution is 0.830. The molecule has 0 spiro atoms. The third-order valence-electron chi connectivity index (χ3n) is 2.62. The maximum absolute atomic E-state index is 4.21. The van der Waals surface area contributed by atoms with Crippen molar-refractivity contribution in [3.8, 4) is 0 Å². The van der Waals surface area contributed by atoms with Gasteiger partial charge in [0.25, 0.3) is 0 Å². The number of hydrogen-bond acceptors (Lipinski definition) is 4. The van der Waals surface area contributed by atoms with Gasteiger partial charge in [0.1, 0.15) is 18.0 Å². The summed E-state index contributed by atoms with van der Waals surface area (Å²) in [5.74, 6) is 1.64. The smallest absolute Gasteiger partial charge is 0.135 e. The first-order valence-electron chi connectivity index (χ1n) is 6.36. The fourth-order valence-corrected chi connectivity index (χ4v) is 1.86. The van der Waals surface area contributed by atoms with Crippen molar-refractivity contribution in [3.63, 3.8) is 0 Å². The monoisotopic (exact) mass is 320 g/mol. The average molecular weight is 321 g/mol. The zero-order valence-electron chi connectivity index (χ0n) is 10.9. The maximum Gasteiger partial charge on any atom is 0.135 e. The Morgan fingerprint density at radius 1 is 1.11 bits per heavy atom. The maximum atomic E-state index is 4.21. The largest absolute Gasteiger partial charge is 0.370 e. The molecular weight excluding hydrogens is 304 g/mol. The predicted molar refractivity (Wildman–Crippen MR) is 82.9 cm³/mol. The molecule has 1 heterocycles. The molecule has 2 rings (SSSR count). The Morgan fingerprint density at radius 2 is 1.84 bits per heavy atom. The summed E-state index contributed by atoms with van der Waals surface area (Å²) in [6, 6.07) is 9.89. The number of halogens is 1. The van der Waals surface area contributed by atoms with Crippen LogP contribution in [0.4, 0.5) is 17.3 Å². The third-order valence-corrected chi connectivity index (χ3v) is 3.15. The molecule has 0 aliphatic heterocycles. The second kappa shape index (κ2) is 7.09. The van der Waals surface area contributed by atoms with Gasteiger partial charge in [-0.1, -0.05) is 29.3 Å². The minimum absolute atomic E-state index is 0.788. The molecule has 2 N–H and O–H groups in total. The van der Waals surface area contributed by atoms with E-state index in [1.165, 1.54) is 6.42 Å². The molecule has 0 radical (unpaired) electrons. The van der Waals surface area contributed by atoms with Crippen LogP contribution in [0.25, 0.3) is 0 Å². The van der Waals surface area contributed by atoms with Crippen molar-refractivity contribution >= 4 is 33.3 Å². The summed E-state index contributed by atoms with van der Waals surface area (Å²) in [6.45, 7) is 3.10. The molecule has 0 unspecified atom stereocenters. The van der Waals surface area contributed by atoms with E-state index in [4.69, 9.17) is 0 Å². The SMILES string of the molecule is CCCCNc1cc(Nc2ccc(Br)cc2)ncn1. The van der Waals surface area contributed by atoms with Crippen molar-refractivity contribution in [2.24, 2.45) is 0 Å². The van der Waals surface area contributed by atoms with E-state index in [-0.39, 0.29) is 0 Å². The topological polar surface area (TPSA) is 49.8 Å². The van der Waals surface area contributed by atoms with Gasteiger partial charge in [0.15, 0.2) is 0 Å². The van der Waals surface area contributed by atoms with Crippen LogP contribution in [0.3, 0.4) is 0 Å². The first kappa shape index (κ1) is 13.8. The molecule has 0 saturated heterocycles. The molecule has 0 atom stereocenters. The Hall–Kier alpha value is -1.62. The Balaban J connectivity index is 2.00. The molecule has 1 aromatic carbocycles. The summed E-state index contributed by atoms with van der Waals surface area (Å²) < 4.78 is 1.06. The lowest BCUT2D eigenvalue weighted by Gasteiger charge is -2.08. The molecule has 100 valence electrons. The Kier molecular flexibility index (Phi) is 5.15. The van der Waals surface area contributed by atoms with Gasteiger partial charge in [-0.25, -0.2) is 9.97 Å². The quantitative estimate of drug-likeness (QED) is 0.783. The first-order valence-corrected chi connectivity index (χ1v) is 7.15. The highest BCUT2D eigenvalue weighted by Crippen LogP contribution is 2.18. The number of nitrogens with one attached hydrogen (secondary N) is 2. The van der Waals surface area contributed by atoms with Crippen LogP contribution in [-0.2, 0) is 0 Å². The lowest BCUT2D eigenvalue weighted by Crippen LogP contribution is -2.04. The summed E-state index contributed by atoms with van der Waals surface area (Å²) in [5, 5.41) is 6.53. The van der Waals surface area contributed by atoms with E-state index in [0.29, 0.717) is 0 Å². The molecule has 0 saturated carbocycles. The third kappa shape index (κ3) is 4.52. The number of nitrogens with zero attached hydrogens (tertiary/aromatic N) is 2. The standard InChI is InChI=1S/C14H17BrN4/c1-2-3-8-16-13-9-14(18-10-17-13)19-12-6-4-11(15)5-7-12/h4-7,9-10H,2-3,8H2,1H3,(H2,16,17,18,19). The van der Waals surface area contributed by atoms with Gasteiger partial charge >= 0.3 is 0 Å². The lowest BCUT2D eigenvalue weighted by atomic mass is 10.3. The van der Waals surface area contributed by atoms with E-state index < -0.39 is 0 Å². The van der Waals surface area contributed by atoms with E-state index in [2.05, 4.69) is 43.5 Å². The van der Waals surface area contributed by atoms with E-state index >= 15 is 0 Å². The highest BCUT2D eigenvalue weighted by Gasteiger charge is 1.99. The van der Waals surface area contributed by atoms with Crippen LogP contribution < -0.4 is 10.6 Å². The van der Waals surface area contributed by atoms with Crippen LogP contribution in [0.15, 0.2) is 41.1 Å². The zero-order chi connectivity index (χ0) is 13.5. The Morgan fingerprint density at radius 3 is 2.58 bits per heavy atom. The molecule has 0 amide bonds. The number of anilines is 3. The highest BCUT2D eigenvalue weighted by atomic mass is 79.9. The predicted octanol–water partition coefficient (Wildman–Crippen LogP) is 4.19. The van der Waals surface area contributed by atoms with E-state index in [1.54, 1.807) is 6.33 Å². The van der Waals surface area contributed by atoms with Gasteiger partial charge < -0.3 is 10.6 Å². The second-order valence-electron chi connectivity index (χ2n) is 4.20. The van der Waals surface area contributed by atoms with Gasteiger partial charge in [-0.3, -0.25) is 0 Å². The summed E-state index contributed by atoms with van der Waals surface area (Å²) in [6.07, 6.45) is 3.87. The molecular formula is C14H17BrN4. The van der Waals surface area contributed by atoms with Crippen LogP contribution in [0.1, 0.15) is 19.8 Å². The Labute approximate surface area is 121 Å². The molecule has 5 heteroatoms. The number of rotatable bonds is 6. The summed E-state index contributed by atoms with van der Waals surface area (Å²) in [5.41, 5.74) is 1.00. The number of benzene rings is 1. The average Bonchev–Trinajstić information content (AvgIpc) is 2.42. The van der Waals surface area contributed by atoms with Gasteiger partial charge in [-0.2, -0.15) is 0 Å². The van der Waals surface area contributed by atoms with E-state index in [1.807, 2.05) is 30.3 Å². The van der Waals surface area contributed by atoms with Gasteiger partial charge in [0.2, 0.25) is 0 Å². The van der Waals surface area contributed by atoms with Gasteiger partial charge in [-0.15, -0.1) is 0 Å². The molecule has 0 fully saturated rings. The number of unbranched alkanes of at least 4 members (excludes halogenated alkanes) is 1. The summed E-state index contributed by atoms with van der Waals surface area (Å²) in [7, 11) is 0. The molecule has 0 bridgehead atoms. The van der Waals surface area contributed by atoms with Crippen molar-refractivity contribution in [2.45, 2.75) is 19.8 Å². The fraction of sp³-hybridized carbons (Fsp3) is 0.286. The fourth-order valence-electron chi connectivity index (χ4n) is 1.60. The van der Waals surface area contributed by atoms with Crippen molar-refractivity contribution in [2.75, 3.05) is 17.2 Å². The second-order valence-corrected chi connectivity index (χ2v) is 5.12. The summed E-state index contributed by atoms with van der Waals surface area (Å²) in [4.78, 5) is 8.41. The van der Waals surface area contributed by atoms with Crippen LogP contribution >= 0.6 is 15.9 Å². The number of hydrogen-bond donors (Lipinski definition) is 2. The first-order chi connectivity index (χ1) is 9.28. The van der Waals surface area contributed by atoms with Crippen LogP contribution in [-0.4, -0.2) is 16.5 Å². The van der Waals surface area contributed by atoms with Crippen LogP contribution in [0.5, 0.6) is 0 Å². The minimum atomic E-state index is 0.788. The molecule has 0 aliphatic carbocycles. The van der Waals surface area contributed by atoms with Gasteiger partial charge in [0.05, 0.1) is 0 Å². The normalized spacial score (nSPS) is 10.2. The molecule has 4 nitrogen and oxygen atoms in total. The van der Waals surface area contributed by atoms with Crippen molar-refractivity contribution in [3.05, 3.63) is 41.1 Å². The van der Waals surface area contributed by atoms with E-state index in [0.717, 1.165) is 34.8 Å². The van der Waals surface area contributed by atoms with Crippen molar-refractivity contribution in [1.29, 1.82) is 0 Å². The molecule has 2 aromatic rings. The Bertz CT molecular complexity index is 513. The van der Waals surface area contributed by atoms with Crippen LogP contribution in [0, 0.1) is 0 Å². The van der Waals surface area contributed by atoms with Crippen LogP contribution in [0.2, 0.25) is 0 Å². The molecule has 1 aromatic heterocycles. The van der Waals surface area contributed by atoms with Gasteiger partial charge in [-0.05, 0) is 30.7 Å². The van der Waals surface area contributed by atoms with Crippen molar-refractivity contribution < 1.29 is 0 Å².